The zero-order chi connectivity index (χ0) is 20.8. The van der Waals surface area contributed by atoms with E-state index in [0.717, 1.165) is 24.2 Å². The van der Waals surface area contributed by atoms with Crippen molar-refractivity contribution in [1.29, 1.82) is 0 Å². The maximum atomic E-state index is 12.8. The molecule has 4 heterocycles. The molecule has 8 heteroatoms. The number of ether oxygens (including phenoxy) is 2. The fourth-order valence-corrected chi connectivity index (χ4v) is 3.28. The molecule has 0 radical (unpaired) electrons. The first-order chi connectivity index (χ1) is 14.7. The third-order valence-electron chi connectivity index (χ3n) is 4.90. The molecule has 0 N–H and O–H groups in total. The Bertz CT molecular complexity index is 959. The van der Waals surface area contributed by atoms with Crippen molar-refractivity contribution in [2.24, 2.45) is 0 Å². The first kappa shape index (κ1) is 20.0. The number of nitrogens with zero attached hydrogens (tertiary/aromatic N) is 4. The monoisotopic (exact) mass is 408 g/mol. The molecule has 156 valence electrons. The maximum absolute atomic E-state index is 12.8. The van der Waals surface area contributed by atoms with Crippen LogP contribution in [-0.2, 0) is 18.0 Å². The summed E-state index contributed by atoms with van der Waals surface area (Å²) in [6.45, 7) is 3.73. The Labute approximate surface area is 174 Å². The van der Waals surface area contributed by atoms with Crippen LogP contribution in [0.2, 0.25) is 0 Å². The van der Waals surface area contributed by atoms with Gasteiger partial charge in [0.25, 0.3) is 5.91 Å². The summed E-state index contributed by atoms with van der Waals surface area (Å²) in [6, 6.07) is 11.1. The summed E-state index contributed by atoms with van der Waals surface area (Å²) < 4.78 is 16.9. The van der Waals surface area contributed by atoms with Crippen LogP contribution in [0.1, 0.15) is 40.5 Å². The van der Waals surface area contributed by atoms with E-state index in [9.17, 15) is 4.79 Å². The number of rotatable bonds is 7. The van der Waals surface area contributed by atoms with Crippen LogP contribution in [0.15, 0.2) is 53.3 Å². The summed E-state index contributed by atoms with van der Waals surface area (Å²) in [5.74, 6) is 0.959. The van der Waals surface area contributed by atoms with Gasteiger partial charge in [0, 0.05) is 31.0 Å². The molecule has 1 fully saturated rings. The molecule has 1 atom stereocenters. The molecule has 1 aliphatic rings. The number of aryl methyl sites for hydroxylation is 1. The molecule has 0 spiro atoms. The SMILES string of the molecule is Cc1ccc(OCc2cc(C(=O)N3CCCC(OCc4ccccn4)C3)no2)cn1. The van der Waals surface area contributed by atoms with Gasteiger partial charge in [-0.15, -0.1) is 0 Å². The number of aromatic nitrogens is 3. The minimum absolute atomic E-state index is 0.0200. The van der Waals surface area contributed by atoms with Gasteiger partial charge < -0.3 is 18.9 Å². The fourth-order valence-electron chi connectivity index (χ4n) is 3.28. The Morgan fingerprint density at radius 1 is 1.23 bits per heavy atom. The van der Waals surface area contributed by atoms with Gasteiger partial charge in [-0.25, -0.2) is 0 Å². The number of carbonyl (C=O) groups excluding carboxylic acids is 1. The van der Waals surface area contributed by atoms with Gasteiger partial charge in [-0.05, 0) is 44.0 Å². The van der Waals surface area contributed by atoms with Gasteiger partial charge >= 0.3 is 0 Å². The predicted molar refractivity (Wildman–Crippen MR) is 108 cm³/mol. The van der Waals surface area contributed by atoms with E-state index in [1.54, 1.807) is 23.4 Å². The van der Waals surface area contributed by atoms with Crippen molar-refractivity contribution < 1.29 is 18.8 Å². The zero-order valence-electron chi connectivity index (χ0n) is 16.9. The summed E-state index contributed by atoms with van der Waals surface area (Å²) in [7, 11) is 0. The largest absolute Gasteiger partial charge is 0.484 e. The summed E-state index contributed by atoms with van der Waals surface area (Å²) in [6.07, 6.45) is 5.17. The second-order valence-corrected chi connectivity index (χ2v) is 7.25. The fraction of sp³-hybridized carbons (Fsp3) is 0.364. The number of amides is 1. The number of likely N-dealkylation sites (tertiary alicyclic amines) is 1. The minimum Gasteiger partial charge on any atom is -0.484 e. The van der Waals surface area contributed by atoms with E-state index in [4.69, 9.17) is 14.0 Å². The molecular formula is C22H24N4O4. The molecule has 1 saturated heterocycles. The number of piperidine rings is 1. The topological polar surface area (TPSA) is 90.6 Å². The van der Waals surface area contributed by atoms with Crippen LogP contribution in [-0.4, -0.2) is 45.1 Å². The smallest absolute Gasteiger partial charge is 0.276 e. The van der Waals surface area contributed by atoms with Gasteiger partial charge in [-0.2, -0.15) is 0 Å². The van der Waals surface area contributed by atoms with Crippen LogP contribution in [0.25, 0.3) is 0 Å². The maximum Gasteiger partial charge on any atom is 0.276 e. The second kappa shape index (κ2) is 9.49. The highest BCUT2D eigenvalue weighted by Gasteiger charge is 2.27. The Kier molecular flexibility index (Phi) is 6.34. The van der Waals surface area contributed by atoms with E-state index in [-0.39, 0.29) is 24.3 Å². The molecule has 3 aromatic rings. The normalized spacial score (nSPS) is 16.4. The lowest BCUT2D eigenvalue weighted by Crippen LogP contribution is -2.43. The standard InChI is InChI=1S/C22H24N4O4/c1-16-7-8-18(12-24-16)29-15-20-11-21(25-30-20)22(27)26-10-4-6-19(13-26)28-14-17-5-2-3-9-23-17/h2-3,5,7-9,11-12,19H,4,6,10,13-15H2,1H3. The first-order valence-corrected chi connectivity index (χ1v) is 9.99. The van der Waals surface area contributed by atoms with Gasteiger partial charge in [-0.3, -0.25) is 14.8 Å². The number of carbonyl (C=O) groups is 1. The summed E-state index contributed by atoms with van der Waals surface area (Å²) in [5, 5.41) is 3.92. The van der Waals surface area contributed by atoms with Gasteiger partial charge in [0.1, 0.15) is 12.4 Å². The Balaban J connectivity index is 1.29. The first-order valence-electron chi connectivity index (χ1n) is 9.99. The second-order valence-electron chi connectivity index (χ2n) is 7.25. The summed E-state index contributed by atoms with van der Waals surface area (Å²) in [5.41, 5.74) is 2.07. The van der Waals surface area contributed by atoms with E-state index in [1.807, 2.05) is 37.3 Å². The van der Waals surface area contributed by atoms with Crippen LogP contribution >= 0.6 is 0 Å². The van der Waals surface area contributed by atoms with E-state index < -0.39 is 0 Å². The third-order valence-corrected chi connectivity index (χ3v) is 4.90. The van der Waals surface area contributed by atoms with E-state index in [2.05, 4.69) is 15.1 Å². The molecule has 1 unspecified atom stereocenters. The molecule has 1 amide bonds. The molecule has 1 aliphatic heterocycles. The van der Waals surface area contributed by atoms with Crippen LogP contribution in [0.4, 0.5) is 0 Å². The van der Waals surface area contributed by atoms with Crippen molar-refractivity contribution in [2.45, 2.75) is 39.1 Å². The van der Waals surface area contributed by atoms with Crippen molar-refractivity contribution in [3.05, 3.63) is 71.6 Å². The zero-order valence-corrected chi connectivity index (χ0v) is 16.9. The van der Waals surface area contributed by atoms with E-state index in [0.29, 0.717) is 31.2 Å². The third kappa shape index (κ3) is 5.21. The van der Waals surface area contributed by atoms with Crippen molar-refractivity contribution in [1.82, 2.24) is 20.0 Å². The predicted octanol–water partition coefficient (Wildman–Crippen LogP) is 3.17. The van der Waals surface area contributed by atoms with E-state index >= 15 is 0 Å². The van der Waals surface area contributed by atoms with E-state index in [1.165, 1.54) is 0 Å². The summed E-state index contributed by atoms with van der Waals surface area (Å²) in [4.78, 5) is 23.0. The Morgan fingerprint density at radius 3 is 2.97 bits per heavy atom. The Hall–Kier alpha value is -3.26. The molecule has 0 saturated carbocycles. The molecule has 0 aliphatic carbocycles. The highest BCUT2D eigenvalue weighted by molar-refractivity contribution is 5.92. The summed E-state index contributed by atoms with van der Waals surface area (Å²) >= 11 is 0. The van der Waals surface area contributed by atoms with Gasteiger partial charge in [-0.1, -0.05) is 11.2 Å². The lowest BCUT2D eigenvalue weighted by atomic mass is 10.1. The molecule has 3 aromatic heterocycles. The van der Waals surface area contributed by atoms with Gasteiger partial charge in [0.15, 0.2) is 11.5 Å². The van der Waals surface area contributed by atoms with Crippen molar-refractivity contribution in [3.63, 3.8) is 0 Å². The molecule has 30 heavy (non-hydrogen) atoms. The lowest BCUT2D eigenvalue weighted by molar-refractivity contribution is -0.00811. The highest BCUT2D eigenvalue weighted by atomic mass is 16.5. The molecule has 4 rings (SSSR count). The van der Waals surface area contributed by atoms with Crippen LogP contribution in [0, 0.1) is 6.92 Å². The van der Waals surface area contributed by atoms with Gasteiger partial charge in [0.2, 0.25) is 0 Å². The van der Waals surface area contributed by atoms with Crippen LogP contribution < -0.4 is 4.74 Å². The molecular weight excluding hydrogens is 384 g/mol. The average Bonchev–Trinajstić information content (AvgIpc) is 3.27. The quantitative estimate of drug-likeness (QED) is 0.593. The molecule has 8 nitrogen and oxygen atoms in total. The number of hydrogen-bond acceptors (Lipinski definition) is 7. The minimum atomic E-state index is -0.159. The molecule has 0 aromatic carbocycles. The van der Waals surface area contributed by atoms with Crippen LogP contribution in [0.3, 0.4) is 0 Å². The number of pyridine rings is 2. The molecule has 0 bridgehead atoms. The lowest BCUT2D eigenvalue weighted by Gasteiger charge is -2.32. The highest BCUT2D eigenvalue weighted by Crippen LogP contribution is 2.18. The average molecular weight is 408 g/mol. The van der Waals surface area contributed by atoms with Crippen LogP contribution in [0.5, 0.6) is 5.75 Å². The van der Waals surface area contributed by atoms with Gasteiger partial charge in [0.05, 0.1) is 24.6 Å². The van der Waals surface area contributed by atoms with Crippen molar-refractivity contribution in [3.8, 4) is 5.75 Å². The van der Waals surface area contributed by atoms with Crippen molar-refractivity contribution >= 4 is 5.91 Å². The Morgan fingerprint density at radius 2 is 2.17 bits per heavy atom. The van der Waals surface area contributed by atoms with Crippen molar-refractivity contribution in [2.75, 3.05) is 13.1 Å². The number of hydrogen-bond donors (Lipinski definition) is 0.